The van der Waals surface area contributed by atoms with Crippen molar-refractivity contribution in [3.05, 3.63) is 0 Å². The molecule has 0 aromatic heterocycles. The fourth-order valence-electron chi connectivity index (χ4n) is 9.91. The summed E-state index contributed by atoms with van der Waals surface area (Å²) in [6, 6.07) is 0. The molecule has 10 atom stereocenters. The third kappa shape index (κ3) is 5.72. The van der Waals surface area contributed by atoms with Gasteiger partial charge in [0, 0.05) is 0 Å². The number of aliphatic carboxylic acids is 3. The van der Waals surface area contributed by atoms with Crippen LogP contribution in [0.2, 0.25) is 0 Å². The van der Waals surface area contributed by atoms with Crippen LogP contribution in [0.1, 0.15) is 105 Å². The fourth-order valence-corrected chi connectivity index (χ4v) is 9.91. The molecule has 0 aromatic rings. The van der Waals surface area contributed by atoms with Gasteiger partial charge in [-0.2, -0.15) is 0 Å². The van der Waals surface area contributed by atoms with E-state index in [4.69, 9.17) is 9.84 Å². The largest absolute Gasteiger partial charge is 0.481 e. The lowest BCUT2D eigenvalue weighted by Crippen LogP contribution is -2.54. The van der Waals surface area contributed by atoms with Crippen molar-refractivity contribution in [1.29, 1.82) is 0 Å². The highest BCUT2D eigenvalue weighted by molar-refractivity contribution is 5.92. The topological polar surface area (TPSA) is 138 Å². The van der Waals surface area contributed by atoms with E-state index in [9.17, 15) is 29.4 Å². The lowest BCUT2D eigenvalue weighted by molar-refractivity contribution is -0.168. The Labute approximate surface area is 232 Å². The van der Waals surface area contributed by atoms with E-state index in [0.29, 0.717) is 41.9 Å². The molecule has 8 nitrogen and oxygen atoms in total. The molecule has 220 valence electrons. The van der Waals surface area contributed by atoms with Crippen LogP contribution in [0.3, 0.4) is 0 Å². The third-order valence-electron chi connectivity index (χ3n) is 12.1. The van der Waals surface area contributed by atoms with Gasteiger partial charge in [0.05, 0.1) is 12.3 Å². The molecular formula is C31H48O8. The van der Waals surface area contributed by atoms with Crippen molar-refractivity contribution in [2.75, 3.05) is 0 Å². The van der Waals surface area contributed by atoms with Crippen LogP contribution in [-0.2, 0) is 23.9 Å². The molecule has 0 radical (unpaired) electrons. The zero-order chi connectivity index (χ0) is 28.7. The highest BCUT2D eigenvalue weighted by Gasteiger charge is 2.60. The van der Waals surface area contributed by atoms with Gasteiger partial charge in [0.1, 0.15) is 6.10 Å². The van der Waals surface area contributed by atoms with Crippen LogP contribution in [0.5, 0.6) is 0 Å². The molecule has 4 rings (SSSR count). The molecule has 4 aliphatic carbocycles. The number of fused-ring (bicyclic) bond motifs is 5. The second kappa shape index (κ2) is 11.4. The van der Waals surface area contributed by atoms with Gasteiger partial charge in [-0.25, -0.2) is 0 Å². The Morgan fingerprint density at radius 2 is 1.46 bits per heavy atom. The minimum atomic E-state index is -1.32. The maximum atomic E-state index is 12.5. The van der Waals surface area contributed by atoms with E-state index >= 15 is 0 Å². The summed E-state index contributed by atoms with van der Waals surface area (Å²) >= 11 is 0. The van der Waals surface area contributed by atoms with Crippen molar-refractivity contribution in [2.24, 2.45) is 58.2 Å². The summed E-state index contributed by atoms with van der Waals surface area (Å²) in [6.45, 7) is 8.75. The Hall–Kier alpha value is -2.12. The second-order valence-electron chi connectivity index (χ2n) is 14.0. The van der Waals surface area contributed by atoms with Crippen LogP contribution in [0.4, 0.5) is 0 Å². The van der Waals surface area contributed by atoms with E-state index in [0.717, 1.165) is 32.1 Å². The van der Waals surface area contributed by atoms with E-state index < -0.39 is 35.7 Å². The molecule has 4 aliphatic rings. The van der Waals surface area contributed by atoms with Crippen LogP contribution >= 0.6 is 0 Å². The standard InChI is InChI=1S/C31H48O8/c1-17(5-7-22(27(34)35)28(36)37)23-9-10-24-21-8-6-19-16-20(39-29(38)18(2)15-26(32)33)11-13-30(19,3)25(21)12-14-31(23,24)4/h17-25H,5-16H2,1-4H3,(H,32,33)(H,34,35)(H,36,37)/t17?,18?,19?,20-,21?,23?,24?,25?,30?,31+/m0/s1. The summed E-state index contributed by atoms with van der Waals surface area (Å²) in [7, 11) is 0. The monoisotopic (exact) mass is 548 g/mol. The Bertz CT molecular complexity index is 948. The first-order chi connectivity index (χ1) is 18.3. The van der Waals surface area contributed by atoms with Gasteiger partial charge < -0.3 is 20.1 Å². The Kier molecular flexibility index (Phi) is 8.73. The van der Waals surface area contributed by atoms with Gasteiger partial charge in [-0.1, -0.05) is 27.7 Å². The molecule has 0 heterocycles. The number of hydrogen-bond acceptors (Lipinski definition) is 5. The lowest BCUT2D eigenvalue weighted by atomic mass is 9.44. The van der Waals surface area contributed by atoms with Crippen molar-refractivity contribution in [3.63, 3.8) is 0 Å². The van der Waals surface area contributed by atoms with Crippen molar-refractivity contribution >= 4 is 23.9 Å². The zero-order valence-electron chi connectivity index (χ0n) is 24.1. The molecule has 4 fully saturated rings. The molecule has 0 saturated heterocycles. The maximum absolute atomic E-state index is 12.5. The molecule has 0 amide bonds. The Morgan fingerprint density at radius 3 is 2.10 bits per heavy atom. The quantitative estimate of drug-likeness (QED) is 0.228. The normalized spacial score (nSPS) is 39.1. The van der Waals surface area contributed by atoms with E-state index in [1.807, 2.05) is 0 Å². The Morgan fingerprint density at radius 1 is 0.821 bits per heavy atom. The number of esters is 1. The molecule has 0 aromatic carbocycles. The first-order valence-corrected chi connectivity index (χ1v) is 15.2. The summed E-state index contributed by atoms with van der Waals surface area (Å²) in [5.74, 6) is -2.48. The summed E-state index contributed by atoms with van der Waals surface area (Å²) in [5, 5.41) is 27.6. The van der Waals surface area contributed by atoms with Crippen molar-refractivity contribution in [3.8, 4) is 0 Å². The van der Waals surface area contributed by atoms with Gasteiger partial charge >= 0.3 is 23.9 Å². The van der Waals surface area contributed by atoms with Crippen molar-refractivity contribution in [2.45, 2.75) is 111 Å². The summed E-state index contributed by atoms with van der Waals surface area (Å²) in [4.78, 5) is 46.2. The van der Waals surface area contributed by atoms with Crippen LogP contribution in [0, 0.1) is 58.2 Å². The molecule has 0 aliphatic heterocycles. The minimum Gasteiger partial charge on any atom is -0.481 e. The number of carboxylic acid groups (broad SMARTS) is 3. The van der Waals surface area contributed by atoms with Gasteiger partial charge in [0.2, 0.25) is 0 Å². The van der Waals surface area contributed by atoms with E-state index in [1.54, 1.807) is 6.92 Å². The molecule has 3 N–H and O–H groups in total. The average Bonchev–Trinajstić information content (AvgIpc) is 3.20. The van der Waals surface area contributed by atoms with Crippen LogP contribution in [0.15, 0.2) is 0 Å². The first-order valence-electron chi connectivity index (χ1n) is 15.2. The van der Waals surface area contributed by atoms with Crippen molar-refractivity contribution in [1.82, 2.24) is 0 Å². The van der Waals surface area contributed by atoms with Crippen LogP contribution in [-0.4, -0.2) is 45.3 Å². The third-order valence-corrected chi connectivity index (χ3v) is 12.1. The average molecular weight is 549 g/mol. The number of ether oxygens (including phenoxy) is 1. The van der Waals surface area contributed by atoms with Crippen molar-refractivity contribution < 1.29 is 39.2 Å². The van der Waals surface area contributed by atoms with Gasteiger partial charge in [-0.05, 0) is 117 Å². The molecule has 8 unspecified atom stereocenters. The lowest BCUT2D eigenvalue weighted by Gasteiger charge is -2.61. The number of carbonyl (C=O) groups excluding carboxylic acids is 1. The molecule has 4 saturated carbocycles. The Balaban J connectivity index is 1.38. The zero-order valence-corrected chi connectivity index (χ0v) is 24.1. The number of carboxylic acids is 3. The minimum absolute atomic E-state index is 0.116. The molecule has 0 spiro atoms. The second-order valence-corrected chi connectivity index (χ2v) is 14.0. The van der Waals surface area contributed by atoms with Gasteiger partial charge in [0.15, 0.2) is 5.92 Å². The van der Waals surface area contributed by atoms with Crippen LogP contribution < -0.4 is 0 Å². The van der Waals surface area contributed by atoms with Gasteiger partial charge in [0.25, 0.3) is 0 Å². The van der Waals surface area contributed by atoms with E-state index in [-0.39, 0.29) is 29.8 Å². The van der Waals surface area contributed by atoms with Gasteiger partial charge in [-0.15, -0.1) is 0 Å². The first kappa shape index (κ1) is 29.9. The summed E-state index contributed by atoms with van der Waals surface area (Å²) < 4.78 is 5.80. The molecule has 8 heteroatoms. The molecule has 39 heavy (non-hydrogen) atoms. The van der Waals surface area contributed by atoms with E-state index in [1.165, 1.54) is 25.7 Å². The highest BCUT2D eigenvalue weighted by Crippen LogP contribution is 2.68. The summed E-state index contributed by atoms with van der Waals surface area (Å²) in [5.41, 5.74) is 0.457. The summed E-state index contributed by atoms with van der Waals surface area (Å²) in [6.07, 6.45) is 10.3. The molecule has 0 bridgehead atoms. The smallest absolute Gasteiger partial charge is 0.317 e. The van der Waals surface area contributed by atoms with Gasteiger partial charge in [-0.3, -0.25) is 19.2 Å². The highest BCUT2D eigenvalue weighted by atomic mass is 16.5. The predicted octanol–water partition coefficient (Wildman–Crippen LogP) is 5.87. The number of carbonyl (C=O) groups is 4. The predicted molar refractivity (Wildman–Crippen MR) is 144 cm³/mol. The SMILES string of the molecule is CC(CC(=O)O)C(=O)O[C@H]1CCC2(C)C(CCC3C2CC[C@]2(C)C(C(C)CCC(C(=O)O)C(=O)O)CCC32)C1. The number of rotatable bonds is 10. The maximum Gasteiger partial charge on any atom is 0.317 e. The molecular weight excluding hydrogens is 500 g/mol. The van der Waals surface area contributed by atoms with E-state index in [2.05, 4.69) is 20.8 Å². The number of hydrogen-bond donors (Lipinski definition) is 3. The fraction of sp³-hybridized carbons (Fsp3) is 0.871. The van der Waals surface area contributed by atoms with Crippen LogP contribution in [0.25, 0.3) is 0 Å².